The second-order valence-corrected chi connectivity index (χ2v) is 4.92. The molecule has 2 aromatic rings. The summed E-state index contributed by atoms with van der Waals surface area (Å²) in [5.74, 6) is 0.164. The normalized spacial score (nSPS) is 14.3. The molecule has 0 spiro atoms. The number of hydrogen-bond acceptors (Lipinski definition) is 2. The van der Waals surface area contributed by atoms with Crippen LogP contribution in [0.25, 0.3) is 11.3 Å². The van der Waals surface area contributed by atoms with Crippen LogP contribution in [-0.2, 0) is 0 Å². The fourth-order valence-corrected chi connectivity index (χ4v) is 2.24. The van der Waals surface area contributed by atoms with Crippen LogP contribution in [0, 0.1) is 6.92 Å². The lowest BCUT2D eigenvalue weighted by atomic mass is 9.70. The average molecular weight is 303 g/mol. The van der Waals surface area contributed by atoms with Gasteiger partial charge in [0, 0.05) is 12.3 Å². The number of nitrogens with zero attached hydrogens (tertiary/aromatic N) is 2. The van der Waals surface area contributed by atoms with E-state index < -0.39 is 6.01 Å². The molecular weight excluding hydrogens is 285 g/mol. The van der Waals surface area contributed by atoms with Crippen molar-refractivity contribution in [2.24, 2.45) is 0 Å². The van der Waals surface area contributed by atoms with Crippen molar-refractivity contribution in [2.45, 2.75) is 33.7 Å². The largest absolute Gasteiger partial charge is 0.441 e. The van der Waals surface area contributed by atoms with E-state index in [0.29, 0.717) is 11.2 Å². The number of halogens is 2. The highest BCUT2D eigenvalue weighted by Crippen LogP contribution is 2.28. The number of fused-ring (bicyclic) bond motifs is 1. The lowest BCUT2D eigenvalue weighted by Gasteiger charge is -2.08. The number of alkyl halides is 2. The van der Waals surface area contributed by atoms with E-state index in [1.807, 2.05) is 33.9 Å². The van der Waals surface area contributed by atoms with E-state index in [0.717, 1.165) is 24.1 Å². The van der Waals surface area contributed by atoms with Gasteiger partial charge in [-0.25, -0.2) is 4.68 Å². The molecule has 1 radical (unpaired) electrons. The molecule has 115 valence electrons. The van der Waals surface area contributed by atoms with Crippen molar-refractivity contribution in [3.05, 3.63) is 42.2 Å². The van der Waals surface area contributed by atoms with Crippen LogP contribution in [0.4, 0.5) is 8.78 Å². The van der Waals surface area contributed by atoms with Gasteiger partial charge in [-0.05, 0) is 36.5 Å². The van der Waals surface area contributed by atoms with Gasteiger partial charge in [-0.1, -0.05) is 26.5 Å². The number of hydrogen-bond donors (Lipinski definition) is 0. The molecule has 0 saturated heterocycles. The van der Waals surface area contributed by atoms with Crippen LogP contribution in [0.3, 0.4) is 0 Å². The minimum atomic E-state index is -3.23. The molecule has 0 saturated carbocycles. The van der Waals surface area contributed by atoms with Gasteiger partial charge in [-0.15, -0.1) is 0 Å². The third-order valence-electron chi connectivity index (χ3n) is 3.13. The highest BCUT2D eigenvalue weighted by atomic mass is 19.3. The molecule has 1 aliphatic heterocycles. The Morgan fingerprint density at radius 1 is 1.36 bits per heavy atom. The van der Waals surface area contributed by atoms with Crippen LogP contribution in [0.2, 0.25) is 0 Å². The molecule has 3 nitrogen and oxygen atoms in total. The molecule has 0 aliphatic carbocycles. The smallest absolute Gasteiger partial charge is 0.350 e. The standard InChI is InChI=1S/C14H12BF2N2O.C2H6/c1-8(2)13-9(3)7-19(18-13)10-4-5-11-12(6-10)20-14(16,17)15-11;1-2/h4-7H,1H2,2-3H3;1-2H3. The molecule has 0 N–H and O–H groups in total. The van der Waals surface area contributed by atoms with Crippen molar-refractivity contribution < 1.29 is 13.5 Å². The minimum absolute atomic E-state index is 0.164. The molecule has 0 amide bonds. The van der Waals surface area contributed by atoms with Crippen molar-refractivity contribution in [1.29, 1.82) is 0 Å². The molecule has 0 unspecified atom stereocenters. The Morgan fingerprint density at radius 2 is 2.05 bits per heavy atom. The first-order chi connectivity index (χ1) is 10.4. The molecule has 0 fully saturated rings. The van der Waals surface area contributed by atoms with E-state index in [1.165, 1.54) is 0 Å². The van der Waals surface area contributed by atoms with Crippen molar-refractivity contribution in [1.82, 2.24) is 9.78 Å². The summed E-state index contributed by atoms with van der Waals surface area (Å²) >= 11 is 0. The summed E-state index contributed by atoms with van der Waals surface area (Å²) in [6.07, 6.45) is 1.84. The molecule has 22 heavy (non-hydrogen) atoms. The number of rotatable bonds is 2. The van der Waals surface area contributed by atoms with E-state index >= 15 is 0 Å². The maximum atomic E-state index is 13.1. The summed E-state index contributed by atoms with van der Waals surface area (Å²) in [7, 11) is 0.805. The number of aromatic nitrogens is 2. The number of ether oxygens (including phenoxy) is 1. The molecule has 1 aromatic carbocycles. The lowest BCUT2D eigenvalue weighted by molar-refractivity contribution is -0.0930. The van der Waals surface area contributed by atoms with Gasteiger partial charge >= 0.3 is 13.3 Å². The zero-order valence-electron chi connectivity index (χ0n) is 13.2. The van der Waals surface area contributed by atoms with Crippen LogP contribution in [0.1, 0.15) is 32.0 Å². The van der Waals surface area contributed by atoms with Gasteiger partial charge < -0.3 is 4.74 Å². The molecular formula is C16H18BF2N2O. The van der Waals surface area contributed by atoms with Gasteiger partial charge in [0.2, 0.25) is 0 Å². The van der Waals surface area contributed by atoms with Gasteiger partial charge in [0.15, 0.2) is 0 Å². The van der Waals surface area contributed by atoms with E-state index in [2.05, 4.69) is 16.4 Å². The first-order valence-corrected chi connectivity index (χ1v) is 7.15. The highest BCUT2D eigenvalue weighted by Gasteiger charge is 2.41. The van der Waals surface area contributed by atoms with Crippen LogP contribution in [0.5, 0.6) is 5.75 Å². The Kier molecular flexibility index (Phi) is 4.40. The van der Waals surface area contributed by atoms with Crippen molar-refractivity contribution in [3.8, 4) is 11.4 Å². The van der Waals surface area contributed by atoms with Crippen molar-refractivity contribution in [2.75, 3.05) is 0 Å². The summed E-state index contributed by atoms with van der Waals surface area (Å²) in [6, 6.07) is 1.66. The maximum absolute atomic E-state index is 13.1. The third kappa shape index (κ3) is 3.05. The summed E-state index contributed by atoms with van der Waals surface area (Å²) in [5.41, 5.74) is 3.71. The second kappa shape index (κ2) is 5.95. The van der Waals surface area contributed by atoms with Crippen LogP contribution in [0.15, 0.2) is 31.0 Å². The second-order valence-electron chi connectivity index (χ2n) is 4.92. The number of benzene rings is 1. The predicted molar refractivity (Wildman–Crippen MR) is 85.3 cm³/mol. The Hall–Kier alpha value is -2.11. The van der Waals surface area contributed by atoms with Crippen LogP contribution >= 0.6 is 0 Å². The van der Waals surface area contributed by atoms with Crippen molar-refractivity contribution in [3.63, 3.8) is 0 Å². The highest BCUT2D eigenvalue weighted by molar-refractivity contribution is 6.58. The van der Waals surface area contributed by atoms with Gasteiger partial charge in [0.25, 0.3) is 0 Å². The van der Waals surface area contributed by atoms with E-state index in [4.69, 9.17) is 0 Å². The van der Waals surface area contributed by atoms with Gasteiger partial charge in [-0.2, -0.15) is 13.9 Å². The maximum Gasteiger partial charge on any atom is 0.350 e. The Morgan fingerprint density at radius 3 is 2.64 bits per heavy atom. The van der Waals surface area contributed by atoms with E-state index in [9.17, 15) is 8.78 Å². The molecule has 6 heteroatoms. The molecule has 0 bridgehead atoms. The predicted octanol–water partition coefficient (Wildman–Crippen LogP) is 3.51. The fraction of sp³-hybridized carbons (Fsp3) is 0.312. The van der Waals surface area contributed by atoms with E-state index in [1.54, 1.807) is 22.9 Å². The van der Waals surface area contributed by atoms with Gasteiger partial charge in [0.1, 0.15) is 5.75 Å². The first kappa shape index (κ1) is 16.3. The molecule has 0 atom stereocenters. The number of allylic oxidation sites excluding steroid dienone is 1. The topological polar surface area (TPSA) is 27.1 Å². The summed E-state index contributed by atoms with van der Waals surface area (Å²) in [4.78, 5) is 0. The monoisotopic (exact) mass is 303 g/mol. The lowest BCUT2D eigenvalue weighted by Crippen LogP contribution is -2.30. The zero-order chi connectivity index (χ0) is 16.5. The van der Waals surface area contributed by atoms with Crippen LogP contribution < -0.4 is 10.2 Å². The molecule has 1 aliphatic rings. The summed E-state index contributed by atoms with van der Waals surface area (Å²) < 4.78 is 32.5. The Labute approximate surface area is 129 Å². The Balaban J connectivity index is 0.000000847. The SMILES string of the molecule is C=C(C)c1nn(-c2ccc3c(c2)OC(F)(F)[B]3)cc1C.CC. The third-order valence-corrected chi connectivity index (χ3v) is 3.13. The van der Waals surface area contributed by atoms with Crippen LogP contribution in [-0.4, -0.2) is 23.1 Å². The average Bonchev–Trinajstić information content (AvgIpc) is 2.98. The summed E-state index contributed by atoms with van der Waals surface area (Å²) in [5, 5.41) is 4.41. The molecule has 3 rings (SSSR count). The Bertz CT molecular complexity index is 710. The van der Waals surface area contributed by atoms with Gasteiger partial charge in [-0.3, -0.25) is 0 Å². The first-order valence-electron chi connectivity index (χ1n) is 7.15. The minimum Gasteiger partial charge on any atom is -0.441 e. The zero-order valence-corrected chi connectivity index (χ0v) is 13.2. The summed E-state index contributed by atoms with van der Waals surface area (Å²) in [6.45, 7) is 11.7. The quantitative estimate of drug-likeness (QED) is 0.794. The molecule has 2 heterocycles. The van der Waals surface area contributed by atoms with E-state index in [-0.39, 0.29) is 5.75 Å². The fourth-order valence-electron chi connectivity index (χ4n) is 2.24. The number of aryl methyl sites for hydroxylation is 1. The molecule has 1 aromatic heterocycles. The van der Waals surface area contributed by atoms with Gasteiger partial charge in [0.05, 0.1) is 11.4 Å². The van der Waals surface area contributed by atoms with Crippen molar-refractivity contribution >= 4 is 18.3 Å².